The standard InChI is InChI=1S/C18H18N6O4S/c1-2-28-22-13-9-23(8-12(13)19)14-4-3-10-15(25)11(17(26)27)7-24(16(10)21-14)18-20-5-6-29-18/h3-7,12H,2,8-9,19H2,1H3,(H,26,27)/b22-13-. The lowest BCUT2D eigenvalue weighted by Gasteiger charge is -2.17. The van der Waals surface area contributed by atoms with Crippen molar-refractivity contribution in [3.63, 3.8) is 0 Å². The number of hydrogen-bond donors (Lipinski definition) is 2. The van der Waals surface area contributed by atoms with E-state index in [-0.39, 0.29) is 17.0 Å². The highest BCUT2D eigenvalue weighted by atomic mass is 32.1. The summed E-state index contributed by atoms with van der Waals surface area (Å²) >= 11 is 1.31. The van der Waals surface area contributed by atoms with Crippen LogP contribution in [0.5, 0.6) is 0 Å². The Bertz CT molecular complexity index is 1160. The highest BCUT2D eigenvalue weighted by Crippen LogP contribution is 2.23. The van der Waals surface area contributed by atoms with Gasteiger partial charge in [-0.25, -0.2) is 14.8 Å². The molecule has 3 aromatic heterocycles. The zero-order valence-corrected chi connectivity index (χ0v) is 16.3. The maximum absolute atomic E-state index is 12.6. The largest absolute Gasteiger partial charge is 0.477 e. The van der Waals surface area contributed by atoms with E-state index in [0.717, 1.165) is 0 Å². The Labute approximate surface area is 168 Å². The van der Waals surface area contributed by atoms with Crippen molar-refractivity contribution in [2.75, 3.05) is 24.6 Å². The average molecular weight is 414 g/mol. The molecule has 4 rings (SSSR count). The summed E-state index contributed by atoms with van der Waals surface area (Å²) in [6, 6.07) is 2.98. The van der Waals surface area contributed by atoms with Crippen LogP contribution in [0.4, 0.5) is 5.82 Å². The number of thiazole rings is 1. The number of oxime groups is 1. The zero-order chi connectivity index (χ0) is 20.5. The SMILES string of the molecule is CCO/N=C1/CN(c2ccc3c(=O)c(C(=O)O)cn(-c4nccs4)c3n2)CC1N. The van der Waals surface area contributed by atoms with Crippen molar-refractivity contribution in [3.8, 4) is 5.13 Å². The minimum absolute atomic E-state index is 0.204. The van der Waals surface area contributed by atoms with Crippen LogP contribution in [0.1, 0.15) is 17.3 Å². The second-order valence-corrected chi connectivity index (χ2v) is 7.26. The average Bonchev–Trinajstić information content (AvgIpc) is 3.36. The van der Waals surface area contributed by atoms with Gasteiger partial charge in [0, 0.05) is 24.3 Å². The first kappa shape index (κ1) is 19.0. The molecule has 3 N–H and O–H groups in total. The molecule has 0 aromatic carbocycles. The van der Waals surface area contributed by atoms with Crippen LogP contribution in [0, 0.1) is 0 Å². The number of carbonyl (C=O) groups is 1. The number of aromatic carboxylic acids is 1. The fraction of sp³-hybridized carbons (Fsp3) is 0.278. The van der Waals surface area contributed by atoms with Gasteiger partial charge in [0.05, 0.1) is 23.7 Å². The summed E-state index contributed by atoms with van der Waals surface area (Å²) in [7, 11) is 0. The molecule has 4 heterocycles. The van der Waals surface area contributed by atoms with E-state index in [9.17, 15) is 14.7 Å². The van der Waals surface area contributed by atoms with E-state index in [1.54, 1.807) is 23.7 Å². The number of anilines is 1. The fourth-order valence-electron chi connectivity index (χ4n) is 3.14. The highest BCUT2D eigenvalue weighted by molar-refractivity contribution is 7.12. The topological polar surface area (TPSA) is 136 Å². The predicted molar refractivity (Wildman–Crippen MR) is 109 cm³/mol. The third kappa shape index (κ3) is 3.45. The second-order valence-electron chi connectivity index (χ2n) is 6.39. The number of carboxylic acids is 1. The molecular weight excluding hydrogens is 396 g/mol. The molecule has 0 aliphatic carbocycles. The maximum Gasteiger partial charge on any atom is 0.341 e. The summed E-state index contributed by atoms with van der Waals surface area (Å²) in [6.07, 6.45) is 2.87. The van der Waals surface area contributed by atoms with E-state index in [1.807, 2.05) is 11.8 Å². The molecular formula is C18H18N6O4S. The van der Waals surface area contributed by atoms with Crippen LogP contribution in [-0.4, -0.2) is 57.1 Å². The van der Waals surface area contributed by atoms with Gasteiger partial charge in [0.15, 0.2) is 10.8 Å². The molecule has 0 saturated carbocycles. The monoisotopic (exact) mass is 414 g/mol. The number of hydrogen-bond acceptors (Lipinski definition) is 9. The summed E-state index contributed by atoms with van der Waals surface area (Å²) in [5.74, 6) is -0.698. The lowest BCUT2D eigenvalue weighted by molar-refractivity contribution is 0.0695. The molecule has 10 nitrogen and oxygen atoms in total. The first-order valence-corrected chi connectivity index (χ1v) is 9.76. The molecule has 0 bridgehead atoms. The number of aromatic nitrogens is 3. The van der Waals surface area contributed by atoms with Crippen molar-refractivity contribution in [1.29, 1.82) is 0 Å². The molecule has 3 aromatic rings. The van der Waals surface area contributed by atoms with Gasteiger partial charge in [0.2, 0.25) is 5.43 Å². The molecule has 1 saturated heterocycles. The van der Waals surface area contributed by atoms with E-state index in [1.165, 1.54) is 22.1 Å². The maximum atomic E-state index is 12.6. The minimum atomic E-state index is -1.30. The van der Waals surface area contributed by atoms with Crippen LogP contribution < -0.4 is 16.1 Å². The molecule has 29 heavy (non-hydrogen) atoms. The number of nitrogens with two attached hydrogens (primary N) is 1. The summed E-state index contributed by atoms with van der Waals surface area (Å²) in [6.45, 7) is 3.25. The third-order valence-electron chi connectivity index (χ3n) is 4.52. The van der Waals surface area contributed by atoms with Crippen molar-refractivity contribution >= 4 is 39.9 Å². The normalized spacial score (nSPS) is 17.9. The van der Waals surface area contributed by atoms with Gasteiger partial charge in [0.25, 0.3) is 0 Å². The number of rotatable bonds is 5. The van der Waals surface area contributed by atoms with Crippen LogP contribution in [0.3, 0.4) is 0 Å². The van der Waals surface area contributed by atoms with Crippen LogP contribution in [0.2, 0.25) is 0 Å². The minimum Gasteiger partial charge on any atom is -0.477 e. The van der Waals surface area contributed by atoms with Gasteiger partial charge in [-0.05, 0) is 19.1 Å². The predicted octanol–water partition coefficient (Wildman–Crippen LogP) is 1.08. The Balaban J connectivity index is 1.84. The van der Waals surface area contributed by atoms with E-state index >= 15 is 0 Å². The van der Waals surface area contributed by atoms with Gasteiger partial charge >= 0.3 is 5.97 Å². The number of fused-ring (bicyclic) bond motifs is 1. The van der Waals surface area contributed by atoms with Gasteiger partial charge in [-0.1, -0.05) is 5.16 Å². The van der Waals surface area contributed by atoms with Crippen molar-refractivity contribution in [3.05, 3.63) is 45.7 Å². The third-order valence-corrected chi connectivity index (χ3v) is 5.30. The zero-order valence-electron chi connectivity index (χ0n) is 15.5. The second kappa shape index (κ2) is 7.60. The van der Waals surface area contributed by atoms with Crippen LogP contribution in [-0.2, 0) is 4.84 Å². The van der Waals surface area contributed by atoms with Crippen molar-refractivity contribution in [1.82, 2.24) is 14.5 Å². The quantitative estimate of drug-likeness (QED) is 0.592. The van der Waals surface area contributed by atoms with Crippen molar-refractivity contribution in [2.24, 2.45) is 10.9 Å². The smallest absolute Gasteiger partial charge is 0.341 e. The molecule has 11 heteroatoms. The Hall–Kier alpha value is -3.31. The van der Waals surface area contributed by atoms with E-state index in [0.29, 0.717) is 42.0 Å². The molecule has 1 unspecified atom stereocenters. The molecule has 150 valence electrons. The van der Waals surface area contributed by atoms with Gasteiger partial charge in [-0.2, -0.15) is 0 Å². The first-order chi connectivity index (χ1) is 14.0. The van der Waals surface area contributed by atoms with E-state index in [4.69, 9.17) is 10.6 Å². The van der Waals surface area contributed by atoms with Crippen LogP contribution in [0.25, 0.3) is 16.2 Å². The summed E-state index contributed by atoms with van der Waals surface area (Å²) in [5.41, 5.74) is 6.26. The summed E-state index contributed by atoms with van der Waals surface area (Å²) < 4.78 is 1.53. The Kier molecular flexibility index (Phi) is 4.99. The summed E-state index contributed by atoms with van der Waals surface area (Å²) in [4.78, 5) is 40.1. The Morgan fingerprint density at radius 3 is 3.00 bits per heavy atom. The number of nitrogens with zero attached hydrogens (tertiary/aromatic N) is 5. The molecule has 0 amide bonds. The summed E-state index contributed by atoms with van der Waals surface area (Å²) in [5, 5.41) is 15.9. The lowest BCUT2D eigenvalue weighted by atomic mass is 10.2. The molecule has 0 spiro atoms. The van der Waals surface area contributed by atoms with Crippen LogP contribution >= 0.6 is 11.3 Å². The first-order valence-electron chi connectivity index (χ1n) is 8.88. The lowest BCUT2D eigenvalue weighted by Crippen LogP contribution is -2.30. The van der Waals surface area contributed by atoms with Gasteiger partial charge in [0.1, 0.15) is 18.0 Å². The molecule has 1 fully saturated rings. The van der Waals surface area contributed by atoms with E-state index < -0.39 is 11.4 Å². The molecule has 1 aliphatic heterocycles. The highest BCUT2D eigenvalue weighted by Gasteiger charge is 2.28. The van der Waals surface area contributed by atoms with Crippen molar-refractivity contribution in [2.45, 2.75) is 13.0 Å². The van der Waals surface area contributed by atoms with Gasteiger partial charge in [-0.15, -0.1) is 11.3 Å². The number of pyridine rings is 2. The van der Waals surface area contributed by atoms with Crippen LogP contribution in [0.15, 0.2) is 39.9 Å². The van der Waals surface area contributed by atoms with Gasteiger partial charge < -0.3 is 20.6 Å². The molecule has 1 aliphatic rings. The van der Waals surface area contributed by atoms with Gasteiger partial charge in [-0.3, -0.25) is 9.36 Å². The fourth-order valence-corrected chi connectivity index (χ4v) is 3.76. The van der Waals surface area contributed by atoms with Crippen molar-refractivity contribution < 1.29 is 14.7 Å². The molecule has 0 radical (unpaired) electrons. The Morgan fingerprint density at radius 2 is 2.31 bits per heavy atom. The Morgan fingerprint density at radius 1 is 1.48 bits per heavy atom. The number of carboxylic acid groups (broad SMARTS) is 1. The van der Waals surface area contributed by atoms with E-state index in [2.05, 4.69) is 15.1 Å². The molecule has 1 atom stereocenters.